The van der Waals surface area contributed by atoms with Gasteiger partial charge < -0.3 is 5.32 Å². The molecule has 0 saturated heterocycles. The average Bonchev–Trinajstić information content (AvgIpc) is 2.25. The Bertz CT molecular complexity index is 367. The van der Waals surface area contributed by atoms with Gasteiger partial charge in [0.1, 0.15) is 12.0 Å². The van der Waals surface area contributed by atoms with Crippen molar-refractivity contribution in [1.29, 1.82) is 0 Å². The van der Waals surface area contributed by atoms with Gasteiger partial charge in [0.2, 0.25) is 0 Å². The summed E-state index contributed by atoms with van der Waals surface area (Å²) in [5.41, 5.74) is -0.0100. The summed E-state index contributed by atoms with van der Waals surface area (Å²) in [6.45, 7) is 0.717. The number of hydrogen-bond acceptors (Lipinski definition) is 4. The normalized spacial score (nSPS) is 9.27. The average molecular weight is 205 g/mol. The summed E-state index contributed by atoms with van der Waals surface area (Å²) in [6.07, 6.45) is 7.88. The van der Waals surface area contributed by atoms with Crippen molar-refractivity contribution in [2.45, 2.75) is 12.8 Å². The molecule has 0 aliphatic rings. The van der Waals surface area contributed by atoms with E-state index in [2.05, 4.69) is 16.2 Å². The van der Waals surface area contributed by atoms with E-state index < -0.39 is 4.92 Å². The zero-order valence-electron chi connectivity index (χ0n) is 8.14. The lowest BCUT2D eigenvalue weighted by Gasteiger charge is -2.02. The highest BCUT2D eigenvalue weighted by Crippen LogP contribution is 2.11. The number of terminal acetylenes is 1. The molecule has 0 fully saturated rings. The van der Waals surface area contributed by atoms with Crippen LogP contribution in [0.2, 0.25) is 0 Å². The maximum atomic E-state index is 10.3. The van der Waals surface area contributed by atoms with Gasteiger partial charge in [0.15, 0.2) is 0 Å². The van der Waals surface area contributed by atoms with Crippen LogP contribution in [0.1, 0.15) is 12.8 Å². The van der Waals surface area contributed by atoms with Crippen molar-refractivity contribution >= 4 is 11.5 Å². The van der Waals surface area contributed by atoms with Crippen LogP contribution in [-0.4, -0.2) is 16.5 Å². The maximum absolute atomic E-state index is 10.3. The zero-order valence-corrected chi connectivity index (χ0v) is 8.14. The Kier molecular flexibility index (Phi) is 4.10. The lowest BCUT2D eigenvalue weighted by atomic mass is 10.3. The summed E-state index contributed by atoms with van der Waals surface area (Å²) in [4.78, 5) is 13.8. The van der Waals surface area contributed by atoms with Crippen molar-refractivity contribution in [2.75, 3.05) is 11.9 Å². The van der Waals surface area contributed by atoms with E-state index in [1.165, 1.54) is 12.3 Å². The van der Waals surface area contributed by atoms with E-state index >= 15 is 0 Å². The predicted octanol–water partition coefficient (Wildman–Crippen LogP) is 1.82. The molecule has 0 aliphatic carbocycles. The number of anilines is 1. The fourth-order valence-corrected chi connectivity index (χ4v) is 1.01. The highest BCUT2D eigenvalue weighted by atomic mass is 16.6. The molecule has 1 aromatic heterocycles. The third kappa shape index (κ3) is 3.65. The van der Waals surface area contributed by atoms with Crippen LogP contribution in [0, 0.1) is 22.5 Å². The third-order valence-corrected chi connectivity index (χ3v) is 1.76. The second-order valence-electron chi connectivity index (χ2n) is 2.89. The van der Waals surface area contributed by atoms with E-state index in [-0.39, 0.29) is 5.69 Å². The topological polar surface area (TPSA) is 68.1 Å². The molecule has 0 atom stereocenters. The van der Waals surface area contributed by atoms with Crippen molar-refractivity contribution in [3.05, 3.63) is 28.4 Å². The van der Waals surface area contributed by atoms with E-state index in [1.807, 2.05) is 0 Å². The Labute approximate surface area is 87.7 Å². The van der Waals surface area contributed by atoms with Gasteiger partial charge in [0.25, 0.3) is 5.69 Å². The number of nitrogens with zero attached hydrogens (tertiary/aromatic N) is 2. The molecule has 0 radical (unpaired) electrons. The van der Waals surface area contributed by atoms with Crippen molar-refractivity contribution < 1.29 is 4.92 Å². The van der Waals surface area contributed by atoms with Crippen LogP contribution in [0.15, 0.2) is 18.3 Å². The van der Waals surface area contributed by atoms with Crippen LogP contribution < -0.4 is 5.32 Å². The van der Waals surface area contributed by atoms with E-state index in [1.54, 1.807) is 6.07 Å². The second kappa shape index (κ2) is 5.60. The number of nitro groups is 1. The Morgan fingerprint density at radius 2 is 2.40 bits per heavy atom. The summed E-state index contributed by atoms with van der Waals surface area (Å²) in [5.74, 6) is 3.15. The van der Waals surface area contributed by atoms with Crippen molar-refractivity contribution in [3.63, 3.8) is 0 Å². The van der Waals surface area contributed by atoms with Crippen molar-refractivity contribution in [3.8, 4) is 12.3 Å². The van der Waals surface area contributed by atoms with Gasteiger partial charge in [0, 0.05) is 19.0 Å². The molecule has 78 valence electrons. The van der Waals surface area contributed by atoms with Crippen LogP contribution >= 0.6 is 0 Å². The first kappa shape index (κ1) is 11.0. The minimum atomic E-state index is -0.477. The molecule has 1 aromatic rings. The van der Waals surface area contributed by atoms with Crippen LogP contribution in [0.5, 0.6) is 0 Å². The smallest absolute Gasteiger partial charge is 0.287 e. The molecule has 0 aliphatic heterocycles. The standard InChI is InChI=1S/C10H11N3O2/c1-2-3-4-7-11-10-6-5-9(8-12-10)13(14)15/h1,5-6,8H,3-4,7H2,(H,11,12). The summed E-state index contributed by atoms with van der Waals surface area (Å²) in [6, 6.07) is 2.99. The lowest BCUT2D eigenvalue weighted by molar-refractivity contribution is -0.385. The predicted molar refractivity (Wildman–Crippen MR) is 57.4 cm³/mol. The van der Waals surface area contributed by atoms with Crippen LogP contribution in [0.25, 0.3) is 0 Å². The van der Waals surface area contributed by atoms with Gasteiger partial charge in [-0.15, -0.1) is 12.3 Å². The van der Waals surface area contributed by atoms with Gasteiger partial charge >= 0.3 is 0 Å². The Hall–Kier alpha value is -2.09. The van der Waals surface area contributed by atoms with E-state index in [9.17, 15) is 10.1 Å². The number of pyridine rings is 1. The quantitative estimate of drug-likeness (QED) is 0.344. The summed E-state index contributed by atoms with van der Waals surface area (Å²) in [5, 5.41) is 13.4. The van der Waals surface area contributed by atoms with Crippen molar-refractivity contribution in [2.24, 2.45) is 0 Å². The van der Waals surface area contributed by atoms with Gasteiger partial charge in [-0.05, 0) is 12.5 Å². The number of nitrogens with one attached hydrogen (secondary N) is 1. The lowest BCUT2D eigenvalue weighted by Crippen LogP contribution is -2.02. The molecule has 0 bridgehead atoms. The molecular formula is C10H11N3O2. The van der Waals surface area contributed by atoms with Gasteiger partial charge in [-0.2, -0.15) is 0 Å². The Balaban J connectivity index is 2.43. The number of aromatic nitrogens is 1. The summed E-state index contributed by atoms with van der Waals surface area (Å²) >= 11 is 0. The minimum Gasteiger partial charge on any atom is -0.370 e. The Morgan fingerprint density at radius 1 is 1.60 bits per heavy atom. The number of unbranched alkanes of at least 4 members (excludes halogenated alkanes) is 1. The maximum Gasteiger partial charge on any atom is 0.287 e. The first-order valence-electron chi connectivity index (χ1n) is 4.52. The second-order valence-corrected chi connectivity index (χ2v) is 2.89. The highest BCUT2D eigenvalue weighted by Gasteiger charge is 2.04. The fourth-order valence-electron chi connectivity index (χ4n) is 1.01. The molecule has 1 heterocycles. The monoisotopic (exact) mass is 205 g/mol. The van der Waals surface area contributed by atoms with Crippen LogP contribution in [0.3, 0.4) is 0 Å². The molecule has 0 unspecified atom stereocenters. The van der Waals surface area contributed by atoms with E-state index in [4.69, 9.17) is 6.42 Å². The zero-order chi connectivity index (χ0) is 11.1. The molecular weight excluding hydrogens is 194 g/mol. The molecule has 0 saturated carbocycles. The molecule has 0 aromatic carbocycles. The highest BCUT2D eigenvalue weighted by molar-refractivity contribution is 5.39. The van der Waals surface area contributed by atoms with E-state index in [0.717, 1.165) is 13.0 Å². The molecule has 5 nitrogen and oxygen atoms in total. The van der Waals surface area contributed by atoms with Crippen LogP contribution in [0.4, 0.5) is 11.5 Å². The van der Waals surface area contributed by atoms with Crippen LogP contribution in [-0.2, 0) is 0 Å². The number of hydrogen-bond donors (Lipinski definition) is 1. The molecule has 15 heavy (non-hydrogen) atoms. The first-order chi connectivity index (χ1) is 7.24. The molecule has 5 heteroatoms. The molecule has 1 N–H and O–H groups in total. The van der Waals surface area contributed by atoms with Crippen molar-refractivity contribution in [1.82, 2.24) is 4.98 Å². The number of rotatable bonds is 5. The van der Waals surface area contributed by atoms with E-state index in [0.29, 0.717) is 12.2 Å². The third-order valence-electron chi connectivity index (χ3n) is 1.76. The minimum absolute atomic E-state index is 0.0100. The fraction of sp³-hybridized carbons (Fsp3) is 0.300. The summed E-state index contributed by atoms with van der Waals surface area (Å²) < 4.78 is 0. The molecule has 0 spiro atoms. The SMILES string of the molecule is C#CCCCNc1ccc([N+](=O)[O-])cn1. The van der Waals surface area contributed by atoms with Gasteiger partial charge in [-0.25, -0.2) is 4.98 Å². The largest absolute Gasteiger partial charge is 0.370 e. The first-order valence-corrected chi connectivity index (χ1v) is 4.52. The summed E-state index contributed by atoms with van der Waals surface area (Å²) in [7, 11) is 0. The molecule has 1 rings (SSSR count). The van der Waals surface area contributed by atoms with Gasteiger partial charge in [0.05, 0.1) is 4.92 Å². The Morgan fingerprint density at radius 3 is 2.93 bits per heavy atom. The van der Waals surface area contributed by atoms with Gasteiger partial charge in [-0.1, -0.05) is 0 Å². The molecule has 0 amide bonds. The van der Waals surface area contributed by atoms with Gasteiger partial charge in [-0.3, -0.25) is 10.1 Å².